The molecule has 0 aromatic heterocycles. The summed E-state index contributed by atoms with van der Waals surface area (Å²) in [6.07, 6.45) is 0. The fourth-order valence-corrected chi connectivity index (χ4v) is 14.9. The number of hydrogen-bond donors (Lipinski definition) is 0. The van der Waals surface area contributed by atoms with Crippen molar-refractivity contribution >= 4 is 60.6 Å². The smallest absolute Gasteiger partial charge is 0.305 e. The van der Waals surface area contributed by atoms with Crippen molar-refractivity contribution in [2.75, 3.05) is 5.88 Å². The second-order valence-electron chi connectivity index (χ2n) is 6.24. The molecule has 0 fully saturated rings. The van der Waals surface area contributed by atoms with Crippen LogP contribution >= 0.6 is 45.4 Å². The van der Waals surface area contributed by atoms with Crippen molar-refractivity contribution in [2.45, 2.75) is 69.6 Å². The molecule has 0 saturated heterocycles. The molecule has 7 heteroatoms. The maximum atomic E-state index is 6.89. The fraction of sp³-hybridized carbons (Fsp3) is 1.00. The zero-order valence-electron chi connectivity index (χ0n) is 12.9. The van der Waals surface area contributed by atoms with E-state index in [1.54, 1.807) is 0 Å². The molecule has 0 rings (SSSR count). The molecule has 0 aromatic rings. The molecule has 0 amide bonds. The molecule has 0 N–H and O–H groups in total. The first-order chi connectivity index (χ1) is 8.35. The van der Waals surface area contributed by atoms with Gasteiger partial charge in [0.15, 0.2) is 0 Å². The highest BCUT2D eigenvalue weighted by molar-refractivity contribution is 7.29. The van der Waals surface area contributed by atoms with Gasteiger partial charge in [0.05, 0.1) is 4.50 Å². The van der Waals surface area contributed by atoms with Crippen LogP contribution in [0.25, 0.3) is 0 Å². The van der Waals surface area contributed by atoms with E-state index >= 15 is 0 Å². The van der Waals surface area contributed by atoms with Crippen LogP contribution in [0, 0.1) is 0 Å². The number of hydrogen-bond acceptors (Lipinski definition) is 1. The third-order valence-electron chi connectivity index (χ3n) is 3.58. The van der Waals surface area contributed by atoms with E-state index in [0.29, 0.717) is 0 Å². The normalized spacial score (nSPS) is 19.9. The second kappa shape index (κ2) is 7.21. The van der Waals surface area contributed by atoms with Crippen LogP contribution in [0.3, 0.4) is 0 Å². The standard InChI is InChI=1S/C12H26Cl4OSi2/c1-9(2)18(15,10(3)4)17-19(16,11(5)6)12(7,14)8-13/h9-11H,8H2,1-7H3. The molecule has 0 heterocycles. The SMILES string of the molecule is CC(C)[Si](Cl)(O[Si](Cl)(C(C)C)C(C)(Cl)CCl)C(C)C. The van der Waals surface area contributed by atoms with Crippen LogP contribution in [0.2, 0.25) is 16.6 Å². The summed E-state index contributed by atoms with van der Waals surface area (Å²) in [4.78, 5) is 0. The predicted octanol–water partition coefficient (Wildman–Crippen LogP) is 6.37. The zero-order valence-corrected chi connectivity index (χ0v) is 17.9. The lowest BCUT2D eigenvalue weighted by molar-refractivity contribution is 0.492. The monoisotopic (exact) mass is 382 g/mol. The summed E-state index contributed by atoms with van der Waals surface area (Å²) in [6.45, 7) is 14.3. The second-order valence-corrected chi connectivity index (χ2v) is 19.2. The molecule has 0 aliphatic carbocycles. The van der Waals surface area contributed by atoms with E-state index in [9.17, 15) is 0 Å². The molecular weight excluding hydrogens is 358 g/mol. The van der Waals surface area contributed by atoms with Crippen molar-refractivity contribution in [3.05, 3.63) is 0 Å². The third-order valence-corrected chi connectivity index (χ3v) is 21.0. The van der Waals surface area contributed by atoms with Crippen molar-refractivity contribution in [3.8, 4) is 0 Å². The summed E-state index contributed by atoms with van der Waals surface area (Å²) in [6, 6.07) is 0. The fourth-order valence-electron chi connectivity index (χ4n) is 2.05. The highest BCUT2D eigenvalue weighted by atomic mass is 35.6. The van der Waals surface area contributed by atoms with Crippen LogP contribution in [0.1, 0.15) is 48.5 Å². The predicted molar refractivity (Wildman–Crippen MR) is 94.6 cm³/mol. The minimum absolute atomic E-state index is 0.138. The van der Waals surface area contributed by atoms with Crippen LogP contribution in [0.5, 0.6) is 0 Å². The van der Waals surface area contributed by atoms with Gasteiger partial charge >= 0.3 is 7.63 Å². The molecule has 0 aliphatic heterocycles. The van der Waals surface area contributed by atoms with Crippen LogP contribution in [0.4, 0.5) is 0 Å². The third kappa shape index (κ3) is 4.27. The van der Waals surface area contributed by atoms with Gasteiger partial charge in [0.2, 0.25) is 0 Å². The maximum absolute atomic E-state index is 6.89. The summed E-state index contributed by atoms with van der Waals surface area (Å²) in [7, 11) is -5.25. The van der Waals surface area contributed by atoms with Gasteiger partial charge in [0, 0.05) is 5.88 Å². The number of rotatable bonds is 7. The van der Waals surface area contributed by atoms with E-state index in [0.717, 1.165) is 0 Å². The van der Waals surface area contributed by atoms with Gasteiger partial charge in [-0.15, -0.1) is 45.4 Å². The number of halogens is 4. The lowest BCUT2D eigenvalue weighted by Crippen LogP contribution is -2.61. The Hall–Kier alpha value is 1.55. The minimum Gasteiger partial charge on any atom is -0.431 e. The lowest BCUT2D eigenvalue weighted by Gasteiger charge is -2.46. The Morgan fingerprint density at radius 2 is 1.32 bits per heavy atom. The average Bonchev–Trinajstić information content (AvgIpc) is 2.27. The Kier molecular flexibility index (Phi) is 7.80. The van der Waals surface area contributed by atoms with Crippen LogP contribution in [-0.2, 0) is 4.12 Å². The maximum Gasteiger partial charge on any atom is 0.305 e. The van der Waals surface area contributed by atoms with Crippen LogP contribution < -0.4 is 0 Å². The number of alkyl halides is 2. The lowest BCUT2D eigenvalue weighted by atomic mass is 10.5. The first kappa shape index (κ1) is 20.6. The molecule has 19 heavy (non-hydrogen) atoms. The van der Waals surface area contributed by atoms with Gasteiger partial charge in [0.1, 0.15) is 0 Å². The van der Waals surface area contributed by atoms with Gasteiger partial charge < -0.3 is 4.12 Å². The van der Waals surface area contributed by atoms with Gasteiger partial charge in [-0.2, -0.15) is 0 Å². The van der Waals surface area contributed by atoms with Gasteiger partial charge in [-0.05, 0) is 23.5 Å². The molecule has 0 radical (unpaired) electrons. The van der Waals surface area contributed by atoms with Gasteiger partial charge in [-0.25, -0.2) is 0 Å². The van der Waals surface area contributed by atoms with Crippen LogP contribution in [-0.4, -0.2) is 25.6 Å². The Morgan fingerprint density at radius 3 is 1.53 bits per heavy atom. The van der Waals surface area contributed by atoms with Gasteiger partial charge in [-0.1, -0.05) is 41.5 Å². The molecule has 0 aromatic carbocycles. The Labute approximate surface area is 139 Å². The molecular formula is C12H26Cl4OSi2. The molecule has 1 nitrogen and oxygen atoms in total. The molecule has 2 atom stereocenters. The van der Waals surface area contributed by atoms with Crippen LogP contribution in [0.15, 0.2) is 0 Å². The van der Waals surface area contributed by atoms with Crippen molar-refractivity contribution in [1.82, 2.24) is 0 Å². The quantitative estimate of drug-likeness (QED) is 0.282. The largest absolute Gasteiger partial charge is 0.431 e. The first-order valence-corrected chi connectivity index (χ1v) is 13.7. The average molecular weight is 384 g/mol. The highest BCUT2D eigenvalue weighted by Gasteiger charge is 2.58. The van der Waals surface area contributed by atoms with E-state index < -0.39 is 19.8 Å². The summed E-state index contributed by atoms with van der Waals surface area (Å²) in [5.41, 5.74) is 0.668. The topological polar surface area (TPSA) is 9.23 Å². The van der Waals surface area contributed by atoms with Crippen molar-refractivity contribution in [1.29, 1.82) is 0 Å². The zero-order chi connectivity index (χ0) is 15.6. The Bertz CT molecular complexity index is 289. The Balaban J connectivity index is 5.58. The van der Waals surface area contributed by atoms with E-state index in [2.05, 4.69) is 27.7 Å². The van der Waals surface area contributed by atoms with Crippen molar-refractivity contribution < 1.29 is 4.12 Å². The van der Waals surface area contributed by atoms with Crippen molar-refractivity contribution in [3.63, 3.8) is 0 Å². The molecule has 0 saturated carbocycles. The van der Waals surface area contributed by atoms with E-state index in [4.69, 9.17) is 49.5 Å². The van der Waals surface area contributed by atoms with E-state index in [-0.39, 0.29) is 22.5 Å². The molecule has 0 bridgehead atoms. The minimum atomic E-state index is -2.78. The summed E-state index contributed by atoms with van der Waals surface area (Å²) in [5.74, 6) is 0.264. The molecule has 0 aliphatic rings. The van der Waals surface area contributed by atoms with Gasteiger partial charge in [-0.3, -0.25) is 0 Å². The van der Waals surface area contributed by atoms with Crippen molar-refractivity contribution in [2.24, 2.45) is 0 Å². The van der Waals surface area contributed by atoms with E-state index in [1.165, 1.54) is 0 Å². The molecule has 116 valence electrons. The summed E-state index contributed by atoms with van der Waals surface area (Å²) < 4.78 is 5.72. The Morgan fingerprint density at radius 1 is 0.947 bits per heavy atom. The van der Waals surface area contributed by atoms with Gasteiger partial charge in [0.25, 0.3) is 7.63 Å². The highest BCUT2D eigenvalue weighted by Crippen LogP contribution is 2.48. The summed E-state index contributed by atoms with van der Waals surface area (Å²) >= 11 is 26.3. The molecule has 2 unspecified atom stereocenters. The first-order valence-electron chi connectivity index (χ1n) is 6.68. The van der Waals surface area contributed by atoms with E-state index in [1.807, 2.05) is 20.8 Å². The molecule has 0 spiro atoms. The summed E-state index contributed by atoms with van der Waals surface area (Å²) in [5, 5.41) is 0.